The predicted octanol–water partition coefficient (Wildman–Crippen LogP) is 4.22. The van der Waals surface area contributed by atoms with E-state index >= 15 is 0 Å². The Bertz CT molecular complexity index is 1350. The van der Waals surface area contributed by atoms with Crippen LogP contribution in [0.25, 0.3) is 10.2 Å². The van der Waals surface area contributed by atoms with E-state index in [1.807, 2.05) is 35.7 Å². The van der Waals surface area contributed by atoms with Gasteiger partial charge in [0, 0.05) is 6.54 Å². The summed E-state index contributed by atoms with van der Waals surface area (Å²) in [5.41, 5.74) is 2.28. The first-order chi connectivity index (χ1) is 16.1. The van der Waals surface area contributed by atoms with Crippen LogP contribution in [-0.2, 0) is 22.5 Å². The molecule has 168 valence electrons. The number of ether oxygens (including phenoxy) is 1. The van der Waals surface area contributed by atoms with Crippen LogP contribution in [0.5, 0.6) is 0 Å². The Kier molecular flexibility index (Phi) is 7.21. The molecule has 0 aliphatic rings. The van der Waals surface area contributed by atoms with Crippen molar-refractivity contribution >= 4 is 50.9 Å². The minimum atomic E-state index is -0.530. The maximum absolute atomic E-state index is 13.1. The van der Waals surface area contributed by atoms with Crippen molar-refractivity contribution in [2.45, 2.75) is 18.1 Å². The van der Waals surface area contributed by atoms with Gasteiger partial charge < -0.3 is 10.1 Å². The lowest BCUT2D eigenvalue weighted by Gasteiger charge is -2.13. The SMILES string of the molecule is COC(=O)c1ccccc1NC(=O)CSc1nc2ccsc2c(=O)n1CCc1ccccc1. The second-order valence-electron chi connectivity index (χ2n) is 7.10. The normalized spacial score (nSPS) is 10.8. The number of thioether (sulfide) groups is 1. The van der Waals surface area contributed by atoms with Crippen molar-refractivity contribution in [1.82, 2.24) is 9.55 Å². The average Bonchev–Trinajstić information content (AvgIpc) is 3.32. The standard InChI is InChI=1S/C24H21N3O4S2/c1-31-23(30)17-9-5-6-10-18(17)25-20(28)15-33-24-26-19-12-14-32-21(19)22(29)27(24)13-11-16-7-3-2-4-8-16/h2-10,12,14H,11,13,15H2,1H3,(H,25,28). The number of thiophene rings is 1. The number of benzene rings is 2. The van der Waals surface area contributed by atoms with E-state index in [-0.39, 0.29) is 22.8 Å². The smallest absolute Gasteiger partial charge is 0.339 e. The molecule has 0 aliphatic heterocycles. The van der Waals surface area contributed by atoms with Crippen molar-refractivity contribution in [3.63, 3.8) is 0 Å². The number of hydrogen-bond donors (Lipinski definition) is 1. The summed E-state index contributed by atoms with van der Waals surface area (Å²) in [7, 11) is 1.29. The van der Waals surface area contributed by atoms with Crippen LogP contribution < -0.4 is 10.9 Å². The third-order valence-electron chi connectivity index (χ3n) is 4.94. The first kappa shape index (κ1) is 22.8. The predicted molar refractivity (Wildman–Crippen MR) is 131 cm³/mol. The molecule has 0 atom stereocenters. The Morgan fingerprint density at radius 2 is 1.85 bits per heavy atom. The Hall–Kier alpha value is -3.43. The lowest BCUT2D eigenvalue weighted by molar-refractivity contribution is -0.113. The van der Waals surface area contributed by atoms with Gasteiger partial charge in [0.15, 0.2) is 5.16 Å². The molecular formula is C24H21N3O4S2. The molecule has 0 aliphatic carbocycles. The number of carbonyl (C=O) groups is 2. The van der Waals surface area contributed by atoms with E-state index in [1.54, 1.807) is 34.9 Å². The van der Waals surface area contributed by atoms with Gasteiger partial charge >= 0.3 is 5.97 Å². The molecule has 2 aromatic carbocycles. The number of anilines is 1. The Morgan fingerprint density at radius 3 is 2.64 bits per heavy atom. The number of para-hydroxylation sites is 1. The van der Waals surface area contributed by atoms with E-state index in [4.69, 9.17) is 4.74 Å². The van der Waals surface area contributed by atoms with E-state index < -0.39 is 5.97 Å². The van der Waals surface area contributed by atoms with E-state index in [1.165, 1.54) is 30.2 Å². The first-order valence-corrected chi connectivity index (χ1v) is 12.1. The second-order valence-corrected chi connectivity index (χ2v) is 8.95. The van der Waals surface area contributed by atoms with E-state index in [0.29, 0.717) is 34.0 Å². The van der Waals surface area contributed by atoms with Gasteiger partial charge in [0.1, 0.15) is 4.70 Å². The number of fused-ring (bicyclic) bond motifs is 1. The molecule has 9 heteroatoms. The van der Waals surface area contributed by atoms with Crippen LogP contribution in [0.2, 0.25) is 0 Å². The van der Waals surface area contributed by atoms with Gasteiger partial charge in [0.05, 0.1) is 29.6 Å². The van der Waals surface area contributed by atoms with E-state index in [2.05, 4.69) is 10.3 Å². The summed E-state index contributed by atoms with van der Waals surface area (Å²) in [6, 6.07) is 18.4. The molecule has 0 saturated carbocycles. The molecular weight excluding hydrogens is 458 g/mol. The monoisotopic (exact) mass is 479 g/mol. The zero-order chi connectivity index (χ0) is 23.2. The first-order valence-electron chi connectivity index (χ1n) is 10.2. The van der Waals surface area contributed by atoms with Crippen LogP contribution in [-0.4, -0.2) is 34.3 Å². The summed E-state index contributed by atoms with van der Waals surface area (Å²) in [5, 5.41) is 5.07. The van der Waals surface area contributed by atoms with Crippen molar-refractivity contribution in [3.05, 3.63) is 87.5 Å². The quantitative estimate of drug-likeness (QED) is 0.231. The number of aromatic nitrogens is 2. The Labute approximate surface area is 198 Å². The molecule has 7 nitrogen and oxygen atoms in total. The molecule has 0 unspecified atom stereocenters. The molecule has 0 fully saturated rings. The lowest BCUT2D eigenvalue weighted by Crippen LogP contribution is -2.24. The summed E-state index contributed by atoms with van der Waals surface area (Å²) >= 11 is 2.55. The summed E-state index contributed by atoms with van der Waals surface area (Å²) in [6.45, 7) is 0.457. The van der Waals surface area contributed by atoms with Crippen molar-refractivity contribution in [1.29, 1.82) is 0 Å². The van der Waals surface area contributed by atoms with Crippen LogP contribution >= 0.6 is 23.1 Å². The van der Waals surface area contributed by atoms with Gasteiger partial charge in [-0.2, -0.15) is 0 Å². The van der Waals surface area contributed by atoms with Crippen LogP contribution in [0, 0.1) is 0 Å². The molecule has 4 aromatic rings. The molecule has 33 heavy (non-hydrogen) atoms. The van der Waals surface area contributed by atoms with Gasteiger partial charge in [-0.25, -0.2) is 9.78 Å². The number of esters is 1. The number of carbonyl (C=O) groups excluding carboxylic acids is 2. The number of nitrogens with one attached hydrogen (secondary N) is 1. The Morgan fingerprint density at radius 1 is 1.09 bits per heavy atom. The molecule has 1 N–H and O–H groups in total. The molecule has 0 spiro atoms. The summed E-state index contributed by atoms with van der Waals surface area (Å²) < 4.78 is 7.00. The summed E-state index contributed by atoms with van der Waals surface area (Å²) in [4.78, 5) is 42.3. The second kappa shape index (κ2) is 10.5. The van der Waals surface area contributed by atoms with Crippen molar-refractivity contribution in [3.8, 4) is 0 Å². The topological polar surface area (TPSA) is 90.3 Å². The van der Waals surface area contributed by atoms with E-state index in [9.17, 15) is 14.4 Å². The number of rotatable bonds is 8. The third kappa shape index (κ3) is 5.32. The third-order valence-corrected chi connectivity index (χ3v) is 6.80. The van der Waals surface area contributed by atoms with Crippen LogP contribution in [0.4, 0.5) is 5.69 Å². The molecule has 2 aromatic heterocycles. The summed E-state index contributed by atoms with van der Waals surface area (Å²) in [5.74, 6) is -0.813. The van der Waals surface area contributed by atoms with Crippen molar-refractivity contribution < 1.29 is 14.3 Å². The largest absolute Gasteiger partial charge is 0.465 e. The highest BCUT2D eigenvalue weighted by atomic mass is 32.2. The molecule has 0 radical (unpaired) electrons. The maximum atomic E-state index is 13.1. The Balaban J connectivity index is 1.53. The van der Waals surface area contributed by atoms with Gasteiger partial charge in [-0.15, -0.1) is 11.3 Å². The maximum Gasteiger partial charge on any atom is 0.339 e. The van der Waals surface area contributed by atoms with E-state index in [0.717, 1.165) is 5.56 Å². The molecule has 0 bridgehead atoms. The fraction of sp³-hybridized carbons (Fsp3) is 0.167. The number of aryl methyl sites for hydroxylation is 1. The highest BCUT2D eigenvalue weighted by molar-refractivity contribution is 7.99. The number of amides is 1. The summed E-state index contributed by atoms with van der Waals surface area (Å²) in [6.07, 6.45) is 0.672. The fourth-order valence-electron chi connectivity index (χ4n) is 3.31. The van der Waals surface area contributed by atoms with Gasteiger partial charge in [0.2, 0.25) is 5.91 Å². The highest BCUT2D eigenvalue weighted by Crippen LogP contribution is 2.22. The fourth-order valence-corrected chi connectivity index (χ4v) is 4.92. The molecule has 2 heterocycles. The number of hydrogen-bond acceptors (Lipinski definition) is 7. The molecule has 4 rings (SSSR count). The zero-order valence-corrected chi connectivity index (χ0v) is 19.4. The minimum Gasteiger partial charge on any atom is -0.465 e. The van der Waals surface area contributed by atoms with Crippen molar-refractivity contribution in [2.75, 3.05) is 18.2 Å². The molecule has 0 saturated heterocycles. The average molecular weight is 480 g/mol. The van der Waals surface area contributed by atoms with Crippen LogP contribution in [0.15, 0.2) is 76.0 Å². The molecule has 1 amide bonds. The van der Waals surface area contributed by atoms with Gasteiger partial charge in [-0.3, -0.25) is 14.2 Å². The number of methoxy groups -OCH3 is 1. The van der Waals surface area contributed by atoms with Gasteiger partial charge in [-0.1, -0.05) is 54.2 Å². The van der Waals surface area contributed by atoms with Gasteiger partial charge in [-0.05, 0) is 35.6 Å². The highest BCUT2D eigenvalue weighted by Gasteiger charge is 2.16. The lowest BCUT2D eigenvalue weighted by atomic mass is 10.1. The minimum absolute atomic E-state index is 0.0307. The van der Waals surface area contributed by atoms with Crippen LogP contribution in [0.3, 0.4) is 0 Å². The van der Waals surface area contributed by atoms with Crippen LogP contribution in [0.1, 0.15) is 15.9 Å². The zero-order valence-electron chi connectivity index (χ0n) is 17.8. The van der Waals surface area contributed by atoms with Gasteiger partial charge in [0.25, 0.3) is 5.56 Å². The van der Waals surface area contributed by atoms with Crippen molar-refractivity contribution in [2.24, 2.45) is 0 Å². The number of nitrogens with zero attached hydrogens (tertiary/aromatic N) is 2.